The molecule has 1 aliphatic rings. The van der Waals surface area contributed by atoms with E-state index < -0.39 is 0 Å². The highest BCUT2D eigenvalue weighted by molar-refractivity contribution is 5.82. The Morgan fingerprint density at radius 2 is 1.26 bits per heavy atom. The Labute approximate surface area is 157 Å². The summed E-state index contributed by atoms with van der Waals surface area (Å²) in [5.74, 6) is 2.82. The molecule has 1 aliphatic heterocycles. The summed E-state index contributed by atoms with van der Waals surface area (Å²) < 4.78 is 21.8. The highest BCUT2D eigenvalue weighted by Crippen LogP contribution is 2.42. The Balaban J connectivity index is 1.71. The molecule has 0 amide bonds. The zero-order valence-corrected chi connectivity index (χ0v) is 15.1. The number of fused-ring (bicyclic) bond motifs is 1. The van der Waals surface area contributed by atoms with E-state index in [0.29, 0.717) is 23.0 Å². The highest BCUT2D eigenvalue weighted by atomic mass is 16.7. The fraction of sp³-hybridized carbons (Fsp3) is 0.143. The van der Waals surface area contributed by atoms with E-state index >= 15 is 0 Å². The van der Waals surface area contributed by atoms with Gasteiger partial charge >= 0.3 is 0 Å². The van der Waals surface area contributed by atoms with Crippen LogP contribution in [-0.4, -0.2) is 21.0 Å². The van der Waals surface area contributed by atoms with Gasteiger partial charge in [0.05, 0.1) is 25.6 Å². The van der Waals surface area contributed by atoms with Crippen LogP contribution in [0.25, 0.3) is 0 Å². The van der Waals surface area contributed by atoms with Gasteiger partial charge < -0.3 is 29.6 Å². The Bertz CT molecular complexity index is 922. The fourth-order valence-electron chi connectivity index (χ4n) is 2.86. The monoisotopic (exact) mass is 364 g/mol. The van der Waals surface area contributed by atoms with E-state index in [4.69, 9.17) is 18.9 Å². The average Bonchev–Trinajstić information content (AvgIpc) is 3.16. The van der Waals surface area contributed by atoms with Gasteiger partial charge in [0.25, 0.3) is 0 Å². The summed E-state index contributed by atoms with van der Waals surface area (Å²) in [7, 11) is 3.25. The van der Waals surface area contributed by atoms with Crippen LogP contribution in [0.5, 0.6) is 23.0 Å². The topological polar surface area (TPSA) is 61.0 Å². The minimum Gasteiger partial charge on any atom is -0.497 e. The summed E-state index contributed by atoms with van der Waals surface area (Å²) in [6, 6.07) is 19.4. The zero-order chi connectivity index (χ0) is 18.6. The van der Waals surface area contributed by atoms with Gasteiger partial charge in [0.1, 0.15) is 11.5 Å². The van der Waals surface area contributed by atoms with Crippen molar-refractivity contribution in [3.8, 4) is 23.0 Å². The molecule has 0 saturated carbocycles. The first-order chi connectivity index (χ1) is 13.2. The van der Waals surface area contributed by atoms with Gasteiger partial charge in [-0.05, 0) is 12.1 Å². The molecule has 0 unspecified atom stereocenters. The Hall–Kier alpha value is -3.54. The molecule has 6 heteroatoms. The van der Waals surface area contributed by atoms with Crippen LogP contribution in [0.15, 0.2) is 60.7 Å². The van der Waals surface area contributed by atoms with Crippen molar-refractivity contribution in [1.82, 2.24) is 0 Å². The average molecular weight is 364 g/mol. The molecule has 0 bridgehead atoms. The van der Waals surface area contributed by atoms with Crippen molar-refractivity contribution in [2.75, 3.05) is 31.6 Å². The molecule has 0 spiro atoms. The lowest BCUT2D eigenvalue weighted by molar-refractivity contribution is 0.174. The molecule has 6 nitrogen and oxygen atoms in total. The molecule has 1 heterocycles. The summed E-state index contributed by atoms with van der Waals surface area (Å²) in [4.78, 5) is 0. The molecule has 3 aromatic rings. The second-order valence-electron chi connectivity index (χ2n) is 5.97. The number of ether oxygens (including phenoxy) is 4. The molecular weight excluding hydrogens is 344 g/mol. The van der Waals surface area contributed by atoms with E-state index in [2.05, 4.69) is 10.6 Å². The van der Waals surface area contributed by atoms with E-state index in [1.807, 2.05) is 60.7 Å². The maximum atomic E-state index is 5.53. The molecule has 0 atom stereocenters. The number of anilines is 4. The van der Waals surface area contributed by atoms with E-state index in [1.54, 1.807) is 14.2 Å². The molecule has 2 N–H and O–H groups in total. The lowest BCUT2D eigenvalue weighted by Crippen LogP contribution is -1.99. The predicted octanol–water partition coefficient (Wildman–Crippen LogP) is 4.92. The van der Waals surface area contributed by atoms with Crippen molar-refractivity contribution in [1.29, 1.82) is 0 Å². The summed E-state index contributed by atoms with van der Waals surface area (Å²) in [6.07, 6.45) is 0. The molecule has 138 valence electrons. The Morgan fingerprint density at radius 3 is 1.81 bits per heavy atom. The van der Waals surface area contributed by atoms with E-state index in [-0.39, 0.29) is 6.79 Å². The van der Waals surface area contributed by atoms with Crippen molar-refractivity contribution in [3.63, 3.8) is 0 Å². The SMILES string of the molecule is COc1cc(Nc2cc3c(cc2Nc2ccccc2)OCO3)cc(OC)c1. The predicted molar refractivity (Wildman–Crippen MR) is 105 cm³/mol. The van der Waals surface area contributed by atoms with Gasteiger partial charge in [-0.3, -0.25) is 0 Å². The maximum absolute atomic E-state index is 5.53. The molecule has 0 aromatic heterocycles. The lowest BCUT2D eigenvalue weighted by Gasteiger charge is -2.16. The summed E-state index contributed by atoms with van der Waals surface area (Å²) in [6.45, 7) is 0.219. The molecule has 0 radical (unpaired) electrons. The second-order valence-corrected chi connectivity index (χ2v) is 5.97. The van der Waals surface area contributed by atoms with Gasteiger partial charge in [-0.15, -0.1) is 0 Å². The third kappa shape index (κ3) is 3.69. The van der Waals surface area contributed by atoms with Crippen molar-refractivity contribution < 1.29 is 18.9 Å². The number of nitrogens with one attached hydrogen (secondary N) is 2. The fourth-order valence-corrected chi connectivity index (χ4v) is 2.86. The minimum atomic E-state index is 0.219. The van der Waals surface area contributed by atoms with E-state index in [9.17, 15) is 0 Å². The maximum Gasteiger partial charge on any atom is 0.231 e. The standard InChI is InChI=1S/C21H20N2O4/c1-24-16-8-15(9-17(10-16)25-2)23-19-12-21-20(26-13-27-21)11-18(19)22-14-6-4-3-5-7-14/h3-12,22-23H,13H2,1-2H3. The summed E-state index contributed by atoms with van der Waals surface area (Å²) in [5.41, 5.74) is 3.52. The van der Waals surface area contributed by atoms with Gasteiger partial charge in [0.2, 0.25) is 6.79 Å². The van der Waals surface area contributed by atoms with Gasteiger partial charge in [-0.2, -0.15) is 0 Å². The third-order valence-electron chi connectivity index (χ3n) is 4.20. The van der Waals surface area contributed by atoms with Crippen molar-refractivity contribution in [3.05, 3.63) is 60.7 Å². The Kier molecular flexibility index (Phi) is 4.61. The number of hydrogen-bond donors (Lipinski definition) is 2. The first kappa shape index (κ1) is 16.9. The summed E-state index contributed by atoms with van der Waals surface area (Å²) in [5, 5.41) is 6.83. The quantitative estimate of drug-likeness (QED) is 0.647. The first-order valence-electron chi connectivity index (χ1n) is 8.51. The van der Waals surface area contributed by atoms with Crippen LogP contribution in [0.1, 0.15) is 0 Å². The smallest absolute Gasteiger partial charge is 0.231 e. The van der Waals surface area contributed by atoms with Crippen LogP contribution in [0.4, 0.5) is 22.7 Å². The normalized spacial score (nSPS) is 11.8. The van der Waals surface area contributed by atoms with Crippen LogP contribution in [0, 0.1) is 0 Å². The van der Waals surface area contributed by atoms with Crippen LogP contribution >= 0.6 is 0 Å². The molecule has 0 aliphatic carbocycles. The van der Waals surface area contributed by atoms with Crippen LogP contribution in [0.3, 0.4) is 0 Å². The van der Waals surface area contributed by atoms with E-state index in [0.717, 1.165) is 22.7 Å². The van der Waals surface area contributed by atoms with Gasteiger partial charge in [0, 0.05) is 41.7 Å². The number of hydrogen-bond acceptors (Lipinski definition) is 6. The molecule has 27 heavy (non-hydrogen) atoms. The van der Waals surface area contributed by atoms with Crippen LogP contribution in [-0.2, 0) is 0 Å². The molecule has 0 fully saturated rings. The van der Waals surface area contributed by atoms with E-state index in [1.165, 1.54) is 0 Å². The highest BCUT2D eigenvalue weighted by Gasteiger charge is 2.18. The number of methoxy groups -OCH3 is 2. The molecule has 0 saturated heterocycles. The largest absolute Gasteiger partial charge is 0.497 e. The second kappa shape index (κ2) is 7.37. The first-order valence-corrected chi connectivity index (χ1v) is 8.51. The van der Waals surface area contributed by atoms with Crippen molar-refractivity contribution >= 4 is 22.7 Å². The number of para-hydroxylation sites is 1. The number of rotatable bonds is 6. The zero-order valence-electron chi connectivity index (χ0n) is 15.1. The van der Waals surface area contributed by atoms with Crippen molar-refractivity contribution in [2.45, 2.75) is 0 Å². The minimum absolute atomic E-state index is 0.219. The van der Waals surface area contributed by atoms with Crippen LogP contribution in [0.2, 0.25) is 0 Å². The van der Waals surface area contributed by atoms with Gasteiger partial charge in [-0.1, -0.05) is 18.2 Å². The Morgan fingerprint density at radius 1 is 0.704 bits per heavy atom. The van der Waals surface area contributed by atoms with Crippen LogP contribution < -0.4 is 29.6 Å². The lowest BCUT2D eigenvalue weighted by atomic mass is 10.2. The third-order valence-corrected chi connectivity index (χ3v) is 4.20. The van der Waals surface area contributed by atoms with Gasteiger partial charge in [0.15, 0.2) is 11.5 Å². The molecule has 4 rings (SSSR count). The van der Waals surface area contributed by atoms with Crippen molar-refractivity contribution in [2.24, 2.45) is 0 Å². The van der Waals surface area contributed by atoms with Gasteiger partial charge in [-0.25, -0.2) is 0 Å². The molecule has 3 aromatic carbocycles. The number of benzene rings is 3. The summed E-state index contributed by atoms with van der Waals surface area (Å²) >= 11 is 0. The molecular formula is C21H20N2O4.